The zero-order chi connectivity index (χ0) is 4.50. The molecule has 0 fully saturated rings. The Hall–Kier alpha value is 1.33. The van der Waals surface area contributed by atoms with Gasteiger partial charge >= 0.3 is 60.4 Å². The Kier molecular flexibility index (Phi) is 527. The van der Waals surface area contributed by atoms with Crippen LogP contribution in [0.1, 0.15) is 1.43 Å². The molecule has 0 rings (SSSR count). The molecule has 0 saturated carbocycles. The van der Waals surface area contributed by atoms with Gasteiger partial charge in [0.25, 0.3) is 0 Å². The van der Waals surface area contributed by atoms with Gasteiger partial charge in [0.1, 0.15) is 0 Å². The van der Waals surface area contributed by atoms with Gasteiger partial charge in [0.05, 0.1) is 0 Å². The van der Waals surface area contributed by atoms with Gasteiger partial charge in [0, 0.05) is 0 Å². The van der Waals surface area contributed by atoms with Gasteiger partial charge in [-0.15, -0.1) is 0 Å². The third-order valence-electron chi connectivity index (χ3n) is 0. The van der Waals surface area contributed by atoms with Crippen molar-refractivity contribution < 1.29 is 121 Å². The molecular weight excluding hydrogens is 275 g/mol. The minimum Gasteiger partial charge on any atom is -1.00 e. The van der Waals surface area contributed by atoms with Gasteiger partial charge in [-0.25, -0.2) is 0 Å². The van der Waals surface area contributed by atoms with Gasteiger partial charge in [0.15, 0.2) is 0 Å². The van der Waals surface area contributed by atoms with E-state index in [4.69, 9.17) is 19.2 Å². The van der Waals surface area contributed by atoms with E-state index in [0.717, 1.165) is 0 Å². The average Bonchev–Trinajstić information content (AvgIpc) is 0.722. The van der Waals surface area contributed by atoms with E-state index in [9.17, 15) is 0 Å². The normalized spacial score (nSPS) is 4.00. The molecule has 13 nitrogen and oxygen atoms in total. The first kappa shape index (κ1) is 135. The molecule has 0 radical (unpaired) electrons. The van der Waals surface area contributed by atoms with Crippen molar-refractivity contribution in [1.29, 1.82) is 0 Å². The first-order valence-electron chi connectivity index (χ1n) is 0.894. The quantitative estimate of drug-likeness (QED) is 0.316. The van der Waals surface area contributed by atoms with E-state index in [-0.39, 0.29) is 102 Å². The summed E-state index contributed by atoms with van der Waals surface area (Å²) in [5.41, 5.74) is 0. The molecule has 22 N–H and O–H groups in total. The second kappa shape index (κ2) is 58.6. The molecule has 15 heteroatoms. The maximum atomic E-state index is 7.33. The predicted molar refractivity (Wildman–Crippen MR) is 48.3 cm³/mol. The zero-order valence-electron chi connectivity index (χ0n) is 8.79. The Bertz CT molecular complexity index is 31.4. The maximum Gasteiger partial charge on any atom is 1.00 e. The number of hydrogen-bond donors (Lipinski definition) is 4. The Morgan fingerprint density at radius 2 is 0.467 bits per heavy atom. The Morgan fingerprint density at radius 3 is 0.467 bits per heavy atom. The molecule has 0 spiro atoms. The van der Waals surface area contributed by atoms with E-state index in [0.29, 0.717) is 0 Å². The van der Waals surface area contributed by atoms with Crippen LogP contribution in [0.5, 0.6) is 0 Å². The van der Waals surface area contributed by atoms with Crippen LogP contribution < -0.4 is 51.4 Å². The van der Waals surface area contributed by atoms with Gasteiger partial charge in [-0.1, -0.05) is 0 Å². The van der Waals surface area contributed by atoms with Crippen LogP contribution in [-0.4, -0.2) is 77.5 Å². The summed E-state index contributed by atoms with van der Waals surface area (Å²) < 4.78 is 0. The summed E-state index contributed by atoms with van der Waals surface area (Å²) in [6, 6.07) is 0. The molecule has 0 unspecified atom stereocenters. The fourth-order valence-electron chi connectivity index (χ4n) is 0. The largest absolute Gasteiger partial charge is 1.00 e. The molecule has 15 heavy (non-hydrogen) atoms. The Labute approximate surface area is 129 Å². The van der Waals surface area contributed by atoms with Crippen molar-refractivity contribution in [2.45, 2.75) is 0 Å². The van der Waals surface area contributed by atoms with Gasteiger partial charge in [-0.2, -0.15) is 0 Å². The van der Waals surface area contributed by atoms with E-state index in [2.05, 4.69) is 0 Å². The fourth-order valence-corrected chi connectivity index (χ4v) is 0. The smallest absolute Gasteiger partial charge is 1.00 e. The van der Waals surface area contributed by atoms with E-state index >= 15 is 0 Å². The van der Waals surface area contributed by atoms with Crippen molar-refractivity contribution in [3.8, 4) is 0 Å². The van der Waals surface area contributed by atoms with Crippen molar-refractivity contribution in [2.24, 2.45) is 0 Å². The molecule has 0 atom stereocenters. The molecule has 0 aromatic heterocycles. The fraction of sp³-hybridized carbons (Fsp3) is 0. The summed E-state index contributed by atoms with van der Waals surface area (Å²) in [7, 11) is -4.61. The van der Waals surface area contributed by atoms with Crippen LogP contribution in [0.3, 0.4) is 0 Å². The minimum atomic E-state index is -4.61. The van der Waals surface area contributed by atoms with E-state index in [1.807, 2.05) is 0 Å². The third kappa shape index (κ3) is 1530. The first-order valence-corrected chi connectivity index (χ1v) is 2.68. The second-order valence-electron chi connectivity index (χ2n) is 0.600. The number of rotatable bonds is 0. The second-order valence-corrected chi connectivity index (χ2v) is 1.80. The molecule has 106 valence electrons. The molecule has 0 heterocycles. The van der Waals surface area contributed by atoms with Crippen molar-refractivity contribution in [3.05, 3.63) is 0 Å². The Morgan fingerprint density at radius 1 is 0.467 bits per heavy atom. The predicted octanol–water partition coefficient (Wildman–Crippen LogP) is -12.9. The van der Waals surface area contributed by atoms with Gasteiger partial charge in [-0.05, 0) is 0 Å². The summed E-state index contributed by atoms with van der Waals surface area (Å²) in [4.78, 5) is 29.3. The zero-order valence-corrected chi connectivity index (χ0v) is 11.9. The molecule has 0 aromatic rings. The molecule has 0 aliphatic carbocycles. The molecule has 0 aromatic carbocycles. The van der Waals surface area contributed by atoms with E-state index in [1.165, 1.54) is 0 Å². The summed E-state index contributed by atoms with van der Waals surface area (Å²) in [6.07, 6.45) is 0. The summed E-state index contributed by atoms with van der Waals surface area (Å²) in [6.45, 7) is 0. The molecule has 0 saturated heterocycles. The van der Waals surface area contributed by atoms with Crippen LogP contribution in [-0.2, 0) is 0 Å². The molecule has 0 amide bonds. The summed E-state index contributed by atoms with van der Waals surface area (Å²) >= 11 is 0. The minimum absolute atomic E-state index is 0. The van der Waals surface area contributed by atoms with Gasteiger partial charge in [0.2, 0.25) is 0 Å². The van der Waals surface area contributed by atoms with Crippen LogP contribution in [0.25, 0.3) is 0 Å². The standard InChI is InChI=1S/K.H4O4Si.9H2O.H/c;1-5(2,3)4;;;;;;;;;;/h;1-4H;9*1H2;/q+1;;;;;;;;;;;-1. The van der Waals surface area contributed by atoms with Crippen LogP contribution in [0.4, 0.5) is 0 Å². The van der Waals surface area contributed by atoms with Crippen molar-refractivity contribution >= 4 is 9.05 Å². The van der Waals surface area contributed by atoms with Crippen LogP contribution in [0, 0.1) is 0 Å². The molecule has 0 aliphatic heterocycles. The average molecular weight is 298 g/mol. The van der Waals surface area contributed by atoms with Crippen molar-refractivity contribution in [1.82, 2.24) is 0 Å². The van der Waals surface area contributed by atoms with Crippen LogP contribution in [0.15, 0.2) is 0 Å². The van der Waals surface area contributed by atoms with Crippen LogP contribution in [0.2, 0.25) is 0 Å². The Balaban J connectivity index is -0.00000000145. The summed E-state index contributed by atoms with van der Waals surface area (Å²) in [5.74, 6) is 0. The monoisotopic (exact) mass is 298 g/mol. The van der Waals surface area contributed by atoms with Crippen LogP contribution >= 0.6 is 0 Å². The van der Waals surface area contributed by atoms with Crippen molar-refractivity contribution in [3.63, 3.8) is 0 Å². The summed E-state index contributed by atoms with van der Waals surface area (Å²) in [5, 5.41) is 0. The number of hydrogen-bond acceptors (Lipinski definition) is 4. The third-order valence-corrected chi connectivity index (χ3v) is 0. The van der Waals surface area contributed by atoms with Crippen molar-refractivity contribution in [2.75, 3.05) is 0 Å². The van der Waals surface area contributed by atoms with E-state index < -0.39 is 9.05 Å². The molecule has 0 aliphatic rings. The first-order chi connectivity index (χ1) is 2.00. The maximum absolute atomic E-state index is 7.33. The topological polar surface area (TPSA) is 364 Å². The van der Waals surface area contributed by atoms with Gasteiger partial charge < -0.3 is 69.9 Å². The molecule has 0 bridgehead atoms. The SMILES string of the molecule is O.O.O.O.O.O.O.O.O.O[Si](O)(O)O.[H-].[K+]. The van der Waals surface area contributed by atoms with E-state index in [1.54, 1.807) is 0 Å². The van der Waals surface area contributed by atoms with Gasteiger partial charge in [-0.3, -0.25) is 0 Å². The molecular formula is H23KO13Si.